The molecule has 1 aliphatic carbocycles. The normalized spacial score (nSPS) is 25.8. The Bertz CT molecular complexity index is 1110. The third kappa shape index (κ3) is 3.19. The minimum absolute atomic E-state index is 0.115. The summed E-state index contributed by atoms with van der Waals surface area (Å²) in [5.41, 5.74) is -0.985. The predicted octanol–water partition coefficient (Wildman–Crippen LogP) is -0.0740. The standard InChI is InChI=1S/C21H24F2N2O6S/c1-25-11-19(20(26,27)21(19,28)29)18(24-32(30,31)12-22)16(25)10-14-8-5-9-15(17(14)23)13-6-3-2-4-7-13/h2-9,16,18,24,26-29H,10-12H2,1H3. The minimum atomic E-state index is -4.53. The zero-order valence-electron chi connectivity index (χ0n) is 17.1. The van der Waals surface area contributed by atoms with Gasteiger partial charge in [0.15, 0.2) is 0 Å². The molecule has 5 N–H and O–H groups in total. The van der Waals surface area contributed by atoms with Crippen molar-refractivity contribution in [3.05, 3.63) is 59.9 Å². The van der Waals surface area contributed by atoms with E-state index >= 15 is 4.39 Å². The van der Waals surface area contributed by atoms with E-state index in [1.165, 1.54) is 18.0 Å². The van der Waals surface area contributed by atoms with Crippen molar-refractivity contribution in [1.29, 1.82) is 0 Å². The Balaban J connectivity index is 1.73. The first kappa shape index (κ1) is 23.2. The molecule has 2 atom stereocenters. The topological polar surface area (TPSA) is 130 Å². The van der Waals surface area contributed by atoms with Crippen molar-refractivity contribution in [3.63, 3.8) is 0 Å². The summed E-state index contributed by atoms with van der Waals surface area (Å²) in [5.74, 6) is -6.64. The Morgan fingerprint density at radius 1 is 1.06 bits per heavy atom. The Morgan fingerprint density at radius 3 is 2.25 bits per heavy atom. The van der Waals surface area contributed by atoms with Gasteiger partial charge in [-0.1, -0.05) is 48.5 Å². The van der Waals surface area contributed by atoms with Gasteiger partial charge in [0, 0.05) is 18.2 Å². The summed E-state index contributed by atoms with van der Waals surface area (Å²) in [4.78, 5) is 1.47. The van der Waals surface area contributed by atoms with E-state index < -0.39 is 50.9 Å². The maximum absolute atomic E-state index is 15.4. The zero-order valence-corrected chi connectivity index (χ0v) is 17.9. The van der Waals surface area contributed by atoms with Gasteiger partial charge in [-0.2, -0.15) is 0 Å². The van der Waals surface area contributed by atoms with Crippen LogP contribution in [0.1, 0.15) is 5.56 Å². The summed E-state index contributed by atoms with van der Waals surface area (Å²) in [5, 5.41) is 40.9. The van der Waals surface area contributed by atoms with E-state index in [0.29, 0.717) is 11.1 Å². The van der Waals surface area contributed by atoms with Crippen molar-refractivity contribution < 1.29 is 37.6 Å². The highest BCUT2D eigenvalue weighted by Crippen LogP contribution is 2.67. The van der Waals surface area contributed by atoms with Crippen molar-refractivity contribution >= 4 is 10.0 Å². The second-order valence-corrected chi connectivity index (χ2v) is 10.1. The van der Waals surface area contributed by atoms with E-state index in [2.05, 4.69) is 0 Å². The average Bonchev–Trinajstić information content (AvgIpc) is 2.94. The number of benzene rings is 2. The molecule has 2 aromatic rings. The lowest BCUT2D eigenvalue weighted by Crippen LogP contribution is -2.51. The number of nitrogens with zero attached hydrogens (tertiary/aromatic N) is 1. The Morgan fingerprint density at radius 2 is 1.69 bits per heavy atom. The van der Waals surface area contributed by atoms with Crippen LogP contribution in [0.15, 0.2) is 48.5 Å². The van der Waals surface area contributed by atoms with Crippen LogP contribution < -0.4 is 4.72 Å². The van der Waals surface area contributed by atoms with Gasteiger partial charge in [0.05, 0.1) is 6.04 Å². The van der Waals surface area contributed by atoms with E-state index in [1.807, 2.05) is 4.72 Å². The Kier molecular flexibility index (Phi) is 5.45. The van der Waals surface area contributed by atoms with Gasteiger partial charge in [0.2, 0.25) is 27.6 Å². The van der Waals surface area contributed by atoms with Crippen LogP contribution in [-0.4, -0.2) is 77.0 Å². The predicted molar refractivity (Wildman–Crippen MR) is 111 cm³/mol. The first-order valence-electron chi connectivity index (χ1n) is 9.88. The van der Waals surface area contributed by atoms with Gasteiger partial charge >= 0.3 is 0 Å². The number of nitrogens with one attached hydrogen (secondary N) is 1. The number of hydrogen-bond donors (Lipinski definition) is 5. The molecule has 4 rings (SSSR count). The Labute approximate surface area is 183 Å². The molecule has 2 aromatic carbocycles. The number of aliphatic hydroxyl groups is 4. The summed E-state index contributed by atoms with van der Waals surface area (Å²) < 4.78 is 54.5. The van der Waals surface area contributed by atoms with Gasteiger partial charge in [0.25, 0.3) is 0 Å². The summed E-state index contributed by atoms with van der Waals surface area (Å²) in [6.45, 7) is -0.336. The van der Waals surface area contributed by atoms with Gasteiger partial charge in [-0.05, 0) is 24.6 Å². The maximum atomic E-state index is 15.4. The molecule has 0 aromatic heterocycles. The second kappa shape index (κ2) is 7.52. The molecule has 0 radical (unpaired) electrons. The molecule has 11 heteroatoms. The molecule has 2 aliphatic rings. The van der Waals surface area contributed by atoms with Crippen molar-refractivity contribution in [3.8, 4) is 11.1 Å². The first-order valence-corrected chi connectivity index (χ1v) is 11.5. The fraction of sp³-hybridized carbons (Fsp3) is 0.429. The number of halogens is 2. The average molecular weight is 470 g/mol. The van der Waals surface area contributed by atoms with Crippen LogP contribution in [-0.2, 0) is 16.4 Å². The SMILES string of the molecule is CN1CC2(C(NS(=O)(=O)CF)C1Cc1cccc(-c3ccccc3)c1F)C(O)(O)C2(O)O. The molecule has 2 fully saturated rings. The lowest BCUT2D eigenvalue weighted by molar-refractivity contribution is -0.207. The van der Waals surface area contributed by atoms with Crippen LogP contribution >= 0.6 is 0 Å². The van der Waals surface area contributed by atoms with Crippen LogP contribution in [0.25, 0.3) is 11.1 Å². The second-order valence-electron chi connectivity index (χ2n) is 8.47. The van der Waals surface area contributed by atoms with Crippen LogP contribution in [0.5, 0.6) is 0 Å². The lowest BCUT2D eigenvalue weighted by atomic mass is 9.90. The molecule has 1 saturated carbocycles. The molecule has 1 saturated heterocycles. The van der Waals surface area contributed by atoms with E-state index in [9.17, 15) is 33.2 Å². The van der Waals surface area contributed by atoms with E-state index in [1.54, 1.807) is 42.5 Å². The van der Waals surface area contributed by atoms with Gasteiger partial charge in [-0.15, -0.1) is 0 Å². The monoisotopic (exact) mass is 470 g/mol. The van der Waals surface area contributed by atoms with Crippen molar-refractivity contribution in [2.45, 2.75) is 30.1 Å². The fourth-order valence-corrected chi connectivity index (χ4v) is 5.71. The molecule has 32 heavy (non-hydrogen) atoms. The first-order chi connectivity index (χ1) is 14.9. The molecule has 1 spiro atoms. The quantitative estimate of drug-likeness (QED) is 0.374. The van der Waals surface area contributed by atoms with E-state index in [4.69, 9.17) is 0 Å². The molecule has 0 amide bonds. The van der Waals surface area contributed by atoms with Crippen LogP contribution in [0.3, 0.4) is 0 Å². The van der Waals surface area contributed by atoms with Crippen molar-refractivity contribution in [1.82, 2.24) is 9.62 Å². The highest BCUT2D eigenvalue weighted by molar-refractivity contribution is 7.89. The number of hydrogen-bond acceptors (Lipinski definition) is 7. The molecule has 8 nitrogen and oxygen atoms in total. The fourth-order valence-electron chi connectivity index (χ4n) is 4.91. The van der Waals surface area contributed by atoms with Gasteiger partial charge in [-0.25, -0.2) is 21.9 Å². The number of rotatable bonds is 6. The number of likely N-dealkylation sites (N-methyl/N-ethyl adjacent to an activating group) is 1. The van der Waals surface area contributed by atoms with Gasteiger partial charge in [0.1, 0.15) is 11.2 Å². The molecule has 174 valence electrons. The third-order valence-corrected chi connectivity index (χ3v) is 7.59. The summed E-state index contributed by atoms with van der Waals surface area (Å²) in [6, 6.07) is 9.27. The number of alkyl halides is 1. The highest BCUT2D eigenvalue weighted by atomic mass is 32.2. The third-order valence-electron chi connectivity index (χ3n) is 6.69. The van der Waals surface area contributed by atoms with Crippen LogP contribution in [0.2, 0.25) is 0 Å². The molecular weight excluding hydrogens is 446 g/mol. The summed E-state index contributed by atoms with van der Waals surface area (Å²) >= 11 is 0. The molecule has 1 aliphatic heterocycles. The van der Waals surface area contributed by atoms with Gasteiger partial charge in [-0.3, -0.25) is 0 Å². The zero-order chi connectivity index (χ0) is 23.5. The van der Waals surface area contributed by atoms with Crippen molar-refractivity contribution in [2.75, 3.05) is 19.6 Å². The van der Waals surface area contributed by atoms with Crippen LogP contribution in [0.4, 0.5) is 8.78 Å². The lowest BCUT2D eigenvalue weighted by Gasteiger charge is -2.27. The van der Waals surface area contributed by atoms with Crippen LogP contribution in [0, 0.1) is 11.2 Å². The maximum Gasteiger partial charge on any atom is 0.241 e. The highest BCUT2D eigenvalue weighted by Gasteiger charge is 2.93. The van der Waals surface area contributed by atoms with E-state index in [0.717, 1.165) is 0 Å². The number of likely N-dealkylation sites (tertiary alicyclic amines) is 1. The Hall–Kier alpha value is -1.99. The summed E-state index contributed by atoms with van der Waals surface area (Å²) in [6.07, 6.45) is -0.115. The van der Waals surface area contributed by atoms with Crippen molar-refractivity contribution in [2.24, 2.45) is 5.41 Å². The van der Waals surface area contributed by atoms with Gasteiger partial charge < -0.3 is 25.3 Å². The largest absolute Gasteiger partial charge is 0.361 e. The smallest absolute Gasteiger partial charge is 0.241 e. The molecular formula is C21H24F2N2O6S. The molecule has 2 unspecified atom stereocenters. The molecule has 1 heterocycles. The van der Waals surface area contributed by atoms with E-state index in [-0.39, 0.29) is 18.5 Å². The minimum Gasteiger partial charge on any atom is -0.361 e. The summed E-state index contributed by atoms with van der Waals surface area (Å²) in [7, 11) is -3.03. The molecule has 0 bridgehead atoms. The number of sulfonamides is 1.